The summed E-state index contributed by atoms with van der Waals surface area (Å²) in [5.41, 5.74) is 0.0555. The molecule has 0 aliphatic heterocycles. The van der Waals surface area contributed by atoms with Crippen molar-refractivity contribution in [3.05, 3.63) is 35.1 Å². The quantitative estimate of drug-likeness (QED) is 0.890. The van der Waals surface area contributed by atoms with Crippen molar-refractivity contribution in [3.8, 4) is 0 Å². The first-order chi connectivity index (χ1) is 9.44. The highest BCUT2D eigenvalue weighted by atomic mass is 19.1. The van der Waals surface area contributed by atoms with Crippen LogP contribution >= 0.6 is 0 Å². The Bertz CT molecular complexity index is 536. The van der Waals surface area contributed by atoms with Gasteiger partial charge in [0.15, 0.2) is 0 Å². The van der Waals surface area contributed by atoms with Gasteiger partial charge < -0.3 is 10.4 Å². The van der Waals surface area contributed by atoms with Crippen molar-refractivity contribution >= 4 is 11.9 Å². The molecule has 1 aromatic rings. The number of hydrogen-bond donors (Lipinski definition) is 2. The minimum absolute atomic E-state index is 0.0944. The third-order valence-electron chi connectivity index (χ3n) is 4.05. The zero-order valence-corrected chi connectivity index (χ0v) is 11.4. The summed E-state index contributed by atoms with van der Waals surface area (Å²) in [7, 11) is 0. The zero-order chi connectivity index (χ0) is 14.8. The van der Waals surface area contributed by atoms with Crippen molar-refractivity contribution in [2.45, 2.75) is 32.6 Å². The van der Waals surface area contributed by atoms with Crippen LogP contribution in [0.15, 0.2) is 18.2 Å². The molecule has 1 saturated carbocycles. The average molecular weight is 279 g/mol. The summed E-state index contributed by atoms with van der Waals surface area (Å²) in [5, 5.41) is 12.0. The van der Waals surface area contributed by atoms with E-state index in [0.29, 0.717) is 18.4 Å². The Morgan fingerprint density at radius 1 is 1.35 bits per heavy atom. The van der Waals surface area contributed by atoms with Gasteiger partial charge in [-0.05, 0) is 37.5 Å². The predicted molar refractivity (Wildman–Crippen MR) is 72.0 cm³/mol. The number of nitrogens with one attached hydrogen (secondary N) is 1. The maximum atomic E-state index is 13.2. The molecule has 0 atom stereocenters. The standard InChI is InChI=1S/C15H18FNO3/c1-10-4-5-11(16)8-12(10)13(18)17-9-15(14(19)20)6-2-3-7-15/h4-5,8H,2-3,6-7,9H2,1H3,(H,17,18)(H,19,20). The first-order valence-electron chi connectivity index (χ1n) is 6.72. The van der Waals surface area contributed by atoms with E-state index in [1.165, 1.54) is 18.2 Å². The van der Waals surface area contributed by atoms with Crippen molar-refractivity contribution < 1.29 is 19.1 Å². The Morgan fingerprint density at radius 2 is 2.00 bits per heavy atom. The van der Waals surface area contributed by atoms with E-state index in [1.54, 1.807) is 6.92 Å². The molecular weight excluding hydrogens is 261 g/mol. The molecule has 2 rings (SSSR count). The first-order valence-corrected chi connectivity index (χ1v) is 6.72. The summed E-state index contributed by atoms with van der Waals surface area (Å²) in [6.45, 7) is 1.81. The molecule has 1 fully saturated rings. The van der Waals surface area contributed by atoms with Crippen molar-refractivity contribution in [1.29, 1.82) is 0 Å². The second kappa shape index (κ2) is 5.61. The van der Waals surface area contributed by atoms with Crippen molar-refractivity contribution in [1.82, 2.24) is 5.32 Å². The summed E-state index contributed by atoms with van der Waals surface area (Å²) in [6, 6.07) is 4.00. The lowest BCUT2D eigenvalue weighted by atomic mass is 9.86. The summed E-state index contributed by atoms with van der Waals surface area (Å²) in [4.78, 5) is 23.5. The number of carboxylic acid groups (broad SMARTS) is 1. The summed E-state index contributed by atoms with van der Waals surface area (Å²) >= 11 is 0. The molecule has 0 spiro atoms. The molecule has 4 nitrogen and oxygen atoms in total. The van der Waals surface area contributed by atoms with Crippen LogP contribution in [0.1, 0.15) is 41.6 Å². The van der Waals surface area contributed by atoms with E-state index < -0.39 is 23.1 Å². The largest absolute Gasteiger partial charge is 0.481 e. The molecule has 2 N–H and O–H groups in total. The molecular formula is C15H18FNO3. The number of aryl methyl sites for hydroxylation is 1. The van der Waals surface area contributed by atoms with Crippen LogP contribution in [0.3, 0.4) is 0 Å². The normalized spacial score (nSPS) is 16.9. The number of carbonyl (C=O) groups excluding carboxylic acids is 1. The van der Waals surface area contributed by atoms with Gasteiger partial charge >= 0.3 is 5.97 Å². The number of carboxylic acids is 1. The zero-order valence-electron chi connectivity index (χ0n) is 11.4. The van der Waals surface area contributed by atoms with Crippen molar-refractivity contribution in [3.63, 3.8) is 0 Å². The fraction of sp³-hybridized carbons (Fsp3) is 0.467. The van der Waals surface area contributed by atoms with E-state index in [-0.39, 0.29) is 12.1 Å². The SMILES string of the molecule is Cc1ccc(F)cc1C(=O)NCC1(C(=O)O)CCCC1. The van der Waals surface area contributed by atoms with E-state index in [9.17, 15) is 19.1 Å². The van der Waals surface area contributed by atoms with Gasteiger partial charge in [-0.25, -0.2) is 4.39 Å². The number of hydrogen-bond acceptors (Lipinski definition) is 2. The Kier molecular flexibility index (Phi) is 4.06. The van der Waals surface area contributed by atoms with Crippen LogP contribution in [0, 0.1) is 18.2 Å². The lowest BCUT2D eigenvalue weighted by Crippen LogP contribution is -2.41. The van der Waals surface area contributed by atoms with E-state index in [0.717, 1.165) is 12.8 Å². The maximum absolute atomic E-state index is 13.2. The van der Waals surface area contributed by atoms with Gasteiger partial charge in [0.05, 0.1) is 5.41 Å². The Hall–Kier alpha value is -1.91. The highest BCUT2D eigenvalue weighted by Crippen LogP contribution is 2.37. The maximum Gasteiger partial charge on any atom is 0.311 e. The topological polar surface area (TPSA) is 66.4 Å². The molecule has 1 amide bonds. The minimum Gasteiger partial charge on any atom is -0.481 e. The van der Waals surface area contributed by atoms with Gasteiger partial charge in [0, 0.05) is 12.1 Å². The third kappa shape index (κ3) is 2.81. The fourth-order valence-corrected chi connectivity index (χ4v) is 2.70. The molecule has 0 radical (unpaired) electrons. The second-order valence-electron chi connectivity index (χ2n) is 5.43. The van der Waals surface area contributed by atoms with E-state index in [4.69, 9.17) is 0 Å². The van der Waals surface area contributed by atoms with Gasteiger partial charge in [0.1, 0.15) is 5.82 Å². The first kappa shape index (κ1) is 14.5. The number of carbonyl (C=O) groups is 2. The van der Waals surface area contributed by atoms with Gasteiger partial charge in [-0.3, -0.25) is 9.59 Å². The van der Waals surface area contributed by atoms with Crippen LogP contribution in [0.5, 0.6) is 0 Å². The molecule has 20 heavy (non-hydrogen) atoms. The smallest absolute Gasteiger partial charge is 0.311 e. The molecule has 1 aromatic carbocycles. The third-order valence-corrected chi connectivity index (χ3v) is 4.05. The number of aliphatic carboxylic acids is 1. The molecule has 1 aliphatic carbocycles. The Balaban J connectivity index is 2.08. The Labute approximate surface area is 117 Å². The second-order valence-corrected chi connectivity index (χ2v) is 5.43. The van der Waals surface area contributed by atoms with Gasteiger partial charge in [0.2, 0.25) is 0 Å². The van der Waals surface area contributed by atoms with Crippen LogP contribution in [-0.2, 0) is 4.79 Å². The molecule has 0 saturated heterocycles. The fourth-order valence-electron chi connectivity index (χ4n) is 2.70. The predicted octanol–water partition coefficient (Wildman–Crippen LogP) is 2.51. The number of benzene rings is 1. The Morgan fingerprint density at radius 3 is 2.60 bits per heavy atom. The van der Waals surface area contributed by atoms with Crippen LogP contribution in [0.2, 0.25) is 0 Å². The van der Waals surface area contributed by atoms with Crippen molar-refractivity contribution in [2.75, 3.05) is 6.54 Å². The van der Waals surface area contributed by atoms with Gasteiger partial charge in [-0.1, -0.05) is 18.9 Å². The van der Waals surface area contributed by atoms with Gasteiger partial charge in [0.25, 0.3) is 5.91 Å². The summed E-state index contributed by atoms with van der Waals surface area (Å²) in [6.07, 6.45) is 2.87. The number of rotatable bonds is 4. The van der Waals surface area contributed by atoms with Crippen LogP contribution in [-0.4, -0.2) is 23.5 Å². The van der Waals surface area contributed by atoms with Crippen LogP contribution in [0.25, 0.3) is 0 Å². The molecule has 0 bridgehead atoms. The molecule has 1 aliphatic rings. The van der Waals surface area contributed by atoms with Crippen LogP contribution < -0.4 is 5.32 Å². The molecule has 0 aromatic heterocycles. The molecule has 0 heterocycles. The van der Waals surface area contributed by atoms with Crippen molar-refractivity contribution in [2.24, 2.45) is 5.41 Å². The van der Waals surface area contributed by atoms with Gasteiger partial charge in [-0.15, -0.1) is 0 Å². The lowest BCUT2D eigenvalue weighted by Gasteiger charge is -2.24. The summed E-state index contributed by atoms with van der Waals surface area (Å²) in [5.74, 6) is -1.77. The molecule has 0 unspecified atom stereocenters. The molecule has 5 heteroatoms. The highest BCUT2D eigenvalue weighted by Gasteiger charge is 2.41. The average Bonchev–Trinajstić information content (AvgIpc) is 2.89. The van der Waals surface area contributed by atoms with E-state index in [1.807, 2.05) is 0 Å². The molecule has 108 valence electrons. The van der Waals surface area contributed by atoms with E-state index in [2.05, 4.69) is 5.32 Å². The van der Waals surface area contributed by atoms with E-state index >= 15 is 0 Å². The van der Waals surface area contributed by atoms with Crippen LogP contribution in [0.4, 0.5) is 4.39 Å². The lowest BCUT2D eigenvalue weighted by molar-refractivity contribution is -0.148. The van der Waals surface area contributed by atoms with Gasteiger partial charge in [-0.2, -0.15) is 0 Å². The highest BCUT2D eigenvalue weighted by molar-refractivity contribution is 5.96. The number of amides is 1. The summed E-state index contributed by atoms with van der Waals surface area (Å²) < 4.78 is 13.2. The number of halogens is 1. The minimum atomic E-state index is -0.869. The monoisotopic (exact) mass is 279 g/mol.